The maximum Gasteiger partial charge on any atom is 0.472 e. The number of phosphoric acid groups is 2. The fourth-order valence-corrected chi connectivity index (χ4v) is 15.1. The second-order valence-corrected chi connectivity index (χ2v) is 34.7. The molecule has 630 valence electrons. The SMILES string of the molecule is CCCCCCCCCCCCCCCCCCCCCCCC(=O)O[C@H](COC(=O)CCCCCCCCCCCCCCCCC(C)CC)COP(=O)(O)OC[C@@H](O)COP(=O)(O)OC[C@@H](COC(=O)CCCCCCCCCCCCCCC)OC(=O)CCCCCCCCCCCCC(C)CC. The summed E-state index contributed by atoms with van der Waals surface area (Å²) in [4.78, 5) is 73.3. The van der Waals surface area contributed by atoms with Crippen LogP contribution in [-0.2, 0) is 65.4 Å². The van der Waals surface area contributed by atoms with Gasteiger partial charge >= 0.3 is 39.5 Å². The van der Waals surface area contributed by atoms with Gasteiger partial charge in [0.05, 0.1) is 26.4 Å². The quantitative estimate of drug-likeness (QED) is 0.0222. The van der Waals surface area contributed by atoms with Crippen LogP contribution in [0.1, 0.15) is 465 Å². The Morgan fingerprint density at radius 1 is 0.264 bits per heavy atom. The van der Waals surface area contributed by atoms with Crippen molar-refractivity contribution < 1.29 is 80.2 Å². The fourth-order valence-electron chi connectivity index (χ4n) is 13.5. The summed E-state index contributed by atoms with van der Waals surface area (Å²) in [5, 5.41) is 10.7. The molecule has 0 saturated heterocycles. The fraction of sp³-hybridized carbons (Fsp3) is 0.954. The van der Waals surface area contributed by atoms with E-state index in [1.165, 1.54) is 283 Å². The van der Waals surface area contributed by atoms with Crippen LogP contribution in [0, 0.1) is 11.8 Å². The first-order valence-electron chi connectivity index (χ1n) is 45.1. The van der Waals surface area contributed by atoms with E-state index in [9.17, 15) is 43.2 Å². The molecule has 0 heterocycles. The van der Waals surface area contributed by atoms with Crippen molar-refractivity contribution in [1.82, 2.24) is 0 Å². The van der Waals surface area contributed by atoms with E-state index in [0.29, 0.717) is 25.7 Å². The first-order chi connectivity index (χ1) is 51.4. The van der Waals surface area contributed by atoms with Gasteiger partial charge in [0.1, 0.15) is 19.3 Å². The molecule has 0 aromatic heterocycles. The summed E-state index contributed by atoms with van der Waals surface area (Å²) in [5.41, 5.74) is 0. The zero-order valence-corrected chi connectivity index (χ0v) is 71.5. The monoisotopic (exact) mass is 1550 g/mol. The molecule has 106 heavy (non-hydrogen) atoms. The van der Waals surface area contributed by atoms with E-state index in [4.69, 9.17) is 37.0 Å². The summed E-state index contributed by atoms with van der Waals surface area (Å²) in [7, 11) is -9.93. The zero-order valence-electron chi connectivity index (χ0n) is 69.7. The molecule has 0 radical (unpaired) electrons. The molecular weight excluding hydrogens is 1380 g/mol. The van der Waals surface area contributed by atoms with Crippen molar-refractivity contribution in [3.05, 3.63) is 0 Å². The largest absolute Gasteiger partial charge is 0.472 e. The lowest BCUT2D eigenvalue weighted by molar-refractivity contribution is -0.161. The minimum atomic E-state index is -4.97. The van der Waals surface area contributed by atoms with Crippen molar-refractivity contribution in [2.75, 3.05) is 39.6 Å². The van der Waals surface area contributed by atoms with Crippen LogP contribution in [0.25, 0.3) is 0 Å². The lowest BCUT2D eigenvalue weighted by Gasteiger charge is -2.21. The number of phosphoric ester groups is 2. The summed E-state index contributed by atoms with van der Waals surface area (Å²) in [5.74, 6) is -0.447. The van der Waals surface area contributed by atoms with E-state index in [-0.39, 0.29) is 25.7 Å². The summed E-state index contributed by atoms with van der Waals surface area (Å²) in [6.07, 6.45) is 70.6. The molecule has 7 atom stereocenters. The Balaban J connectivity index is 5.26. The molecule has 19 heteroatoms. The molecule has 0 rings (SSSR count). The maximum absolute atomic E-state index is 13.2. The van der Waals surface area contributed by atoms with Gasteiger partial charge in [-0.25, -0.2) is 9.13 Å². The number of hydrogen-bond acceptors (Lipinski definition) is 15. The van der Waals surface area contributed by atoms with Gasteiger partial charge in [-0.2, -0.15) is 0 Å². The molecule has 0 saturated carbocycles. The van der Waals surface area contributed by atoms with E-state index < -0.39 is 97.5 Å². The molecule has 0 aliphatic rings. The second kappa shape index (κ2) is 78.3. The van der Waals surface area contributed by atoms with E-state index in [1.54, 1.807) is 0 Å². The van der Waals surface area contributed by atoms with Gasteiger partial charge in [0, 0.05) is 25.7 Å². The molecule has 0 spiro atoms. The van der Waals surface area contributed by atoms with Crippen LogP contribution in [0.15, 0.2) is 0 Å². The standard InChI is InChI=1S/C87H170O17P2/c1-7-11-13-15-17-19-21-23-24-25-26-27-28-29-30-36-40-47-53-59-65-71-86(91)103-82(75-98-85(90)70-64-58-52-46-39-35-32-31-34-37-43-49-55-61-67-79(5)9-3)77-101-105(93,94)99-73-81(88)74-100-106(95,96)102-78-83(76-97-84(89)69-63-57-51-45-38-33-22-20-18-16-14-12-8-2)104-87(92)72-66-60-54-48-42-41-44-50-56-62-68-80(6)10-4/h79-83,88H,7-78H2,1-6H3,(H,93,94)(H,95,96)/t79?,80?,81-,82-,83-/m1/s1. The summed E-state index contributed by atoms with van der Waals surface area (Å²) in [6.45, 7) is 9.76. The van der Waals surface area contributed by atoms with Crippen molar-refractivity contribution in [2.45, 2.75) is 484 Å². The lowest BCUT2D eigenvalue weighted by Crippen LogP contribution is -2.30. The molecule has 0 aliphatic heterocycles. The van der Waals surface area contributed by atoms with Crippen LogP contribution >= 0.6 is 15.6 Å². The third kappa shape index (κ3) is 77.4. The minimum absolute atomic E-state index is 0.107. The normalized spacial score (nSPS) is 14.3. The van der Waals surface area contributed by atoms with Gasteiger partial charge in [-0.15, -0.1) is 0 Å². The van der Waals surface area contributed by atoms with Crippen molar-refractivity contribution in [2.24, 2.45) is 11.8 Å². The number of ether oxygens (including phenoxy) is 4. The van der Waals surface area contributed by atoms with Crippen LogP contribution in [-0.4, -0.2) is 96.7 Å². The number of carbonyl (C=O) groups is 4. The van der Waals surface area contributed by atoms with Crippen molar-refractivity contribution in [3.63, 3.8) is 0 Å². The van der Waals surface area contributed by atoms with Gasteiger partial charge in [-0.3, -0.25) is 37.3 Å². The highest BCUT2D eigenvalue weighted by Gasteiger charge is 2.30. The Morgan fingerprint density at radius 3 is 0.670 bits per heavy atom. The average molecular weight is 1550 g/mol. The van der Waals surface area contributed by atoms with Gasteiger partial charge < -0.3 is 33.8 Å². The molecule has 3 N–H and O–H groups in total. The minimum Gasteiger partial charge on any atom is -0.462 e. The van der Waals surface area contributed by atoms with Crippen molar-refractivity contribution in [3.8, 4) is 0 Å². The zero-order chi connectivity index (χ0) is 77.8. The van der Waals surface area contributed by atoms with E-state index in [2.05, 4.69) is 41.5 Å². The summed E-state index contributed by atoms with van der Waals surface area (Å²) < 4.78 is 69.0. The van der Waals surface area contributed by atoms with Crippen molar-refractivity contribution in [1.29, 1.82) is 0 Å². The van der Waals surface area contributed by atoms with Gasteiger partial charge in [-0.1, -0.05) is 414 Å². The van der Waals surface area contributed by atoms with Gasteiger partial charge in [-0.05, 0) is 37.5 Å². The number of aliphatic hydroxyl groups excluding tert-OH is 1. The maximum atomic E-state index is 13.2. The Morgan fingerprint density at radius 2 is 0.453 bits per heavy atom. The molecule has 0 fully saturated rings. The molecule has 0 aromatic rings. The predicted molar refractivity (Wildman–Crippen MR) is 437 cm³/mol. The highest BCUT2D eigenvalue weighted by Crippen LogP contribution is 2.45. The first kappa shape index (κ1) is 104. The molecule has 0 bridgehead atoms. The number of aliphatic hydroxyl groups is 1. The lowest BCUT2D eigenvalue weighted by atomic mass is 9.99. The molecule has 17 nitrogen and oxygen atoms in total. The van der Waals surface area contributed by atoms with Crippen LogP contribution in [0.2, 0.25) is 0 Å². The highest BCUT2D eigenvalue weighted by molar-refractivity contribution is 7.47. The Labute approximate surface area is 651 Å². The van der Waals surface area contributed by atoms with Gasteiger partial charge in [0.2, 0.25) is 0 Å². The summed E-state index contributed by atoms with van der Waals surface area (Å²) >= 11 is 0. The number of rotatable bonds is 86. The first-order valence-corrected chi connectivity index (χ1v) is 48.1. The molecule has 4 unspecified atom stereocenters. The number of unbranched alkanes of at least 4 members (excludes halogenated alkanes) is 54. The molecule has 0 amide bonds. The second-order valence-electron chi connectivity index (χ2n) is 31.8. The van der Waals surface area contributed by atoms with Gasteiger partial charge in [0.25, 0.3) is 0 Å². The third-order valence-electron chi connectivity index (χ3n) is 21.2. The predicted octanol–water partition coefficient (Wildman–Crippen LogP) is 26.6. The Bertz CT molecular complexity index is 2030. The third-order valence-corrected chi connectivity index (χ3v) is 23.1. The topological polar surface area (TPSA) is 237 Å². The molecule has 0 aromatic carbocycles. The van der Waals surface area contributed by atoms with E-state index in [0.717, 1.165) is 102 Å². The highest BCUT2D eigenvalue weighted by atomic mass is 31.2. The molecular formula is C87H170O17P2. The van der Waals surface area contributed by atoms with Crippen LogP contribution < -0.4 is 0 Å². The summed E-state index contributed by atoms with van der Waals surface area (Å²) in [6, 6.07) is 0. The van der Waals surface area contributed by atoms with Crippen LogP contribution in [0.3, 0.4) is 0 Å². The van der Waals surface area contributed by atoms with Crippen LogP contribution in [0.5, 0.6) is 0 Å². The Kier molecular flexibility index (Phi) is 76.9. The smallest absolute Gasteiger partial charge is 0.462 e. The number of carbonyl (C=O) groups excluding carboxylic acids is 4. The van der Waals surface area contributed by atoms with E-state index >= 15 is 0 Å². The number of hydrogen-bond donors (Lipinski definition) is 3. The average Bonchev–Trinajstić information content (AvgIpc) is 0.894. The number of esters is 4. The van der Waals surface area contributed by atoms with Crippen LogP contribution in [0.4, 0.5) is 0 Å². The Hall–Kier alpha value is -1.94. The molecule has 0 aliphatic carbocycles. The van der Waals surface area contributed by atoms with E-state index in [1.807, 2.05) is 0 Å². The van der Waals surface area contributed by atoms with Crippen molar-refractivity contribution >= 4 is 39.5 Å². The van der Waals surface area contributed by atoms with Gasteiger partial charge in [0.15, 0.2) is 12.2 Å².